The SMILES string of the molecule is Cc1ccc(N2CCN(CC(=O)NCCc3ccccc3)CC2C)cc1. The van der Waals surface area contributed by atoms with E-state index in [0.717, 1.165) is 26.1 Å². The second-order valence-corrected chi connectivity index (χ2v) is 7.20. The molecule has 2 aromatic rings. The second kappa shape index (κ2) is 8.86. The molecule has 1 atom stereocenters. The average Bonchev–Trinajstić information content (AvgIpc) is 2.64. The second-order valence-electron chi connectivity index (χ2n) is 7.20. The minimum atomic E-state index is 0.122. The van der Waals surface area contributed by atoms with Crippen molar-refractivity contribution in [2.75, 3.05) is 37.6 Å². The Morgan fingerprint density at radius 1 is 1.08 bits per heavy atom. The molecule has 4 nitrogen and oxygen atoms in total. The van der Waals surface area contributed by atoms with Gasteiger partial charge in [0, 0.05) is 37.9 Å². The molecule has 0 aliphatic carbocycles. The maximum absolute atomic E-state index is 12.2. The summed E-state index contributed by atoms with van der Waals surface area (Å²) in [6.45, 7) is 8.33. The predicted molar refractivity (Wildman–Crippen MR) is 108 cm³/mol. The van der Waals surface area contributed by atoms with E-state index in [2.05, 4.69) is 65.4 Å². The molecule has 0 radical (unpaired) electrons. The third-order valence-electron chi connectivity index (χ3n) is 5.02. The lowest BCUT2D eigenvalue weighted by Gasteiger charge is -2.41. The van der Waals surface area contributed by atoms with Crippen molar-refractivity contribution < 1.29 is 4.79 Å². The van der Waals surface area contributed by atoms with Gasteiger partial charge < -0.3 is 10.2 Å². The highest BCUT2D eigenvalue weighted by molar-refractivity contribution is 5.78. The van der Waals surface area contributed by atoms with Gasteiger partial charge in [0.05, 0.1) is 6.54 Å². The number of anilines is 1. The highest BCUT2D eigenvalue weighted by atomic mass is 16.2. The molecule has 138 valence electrons. The number of nitrogens with zero attached hydrogens (tertiary/aromatic N) is 2. The Morgan fingerprint density at radius 2 is 1.81 bits per heavy atom. The fourth-order valence-electron chi connectivity index (χ4n) is 3.55. The van der Waals surface area contributed by atoms with Crippen molar-refractivity contribution in [1.82, 2.24) is 10.2 Å². The third kappa shape index (κ3) is 5.09. The zero-order valence-electron chi connectivity index (χ0n) is 15.8. The molecule has 1 amide bonds. The van der Waals surface area contributed by atoms with Crippen molar-refractivity contribution in [3.63, 3.8) is 0 Å². The van der Waals surface area contributed by atoms with E-state index >= 15 is 0 Å². The Morgan fingerprint density at radius 3 is 2.50 bits per heavy atom. The van der Waals surface area contributed by atoms with Crippen LogP contribution in [0.1, 0.15) is 18.1 Å². The molecular weight excluding hydrogens is 322 g/mol. The fourth-order valence-corrected chi connectivity index (χ4v) is 3.55. The molecule has 1 aliphatic rings. The van der Waals surface area contributed by atoms with Crippen LogP contribution in [0.3, 0.4) is 0 Å². The van der Waals surface area contributed by atoms with Crippen LogP contribution in [0.5, 0.6) is 0 Å². The van der Waals surface area contributed by atoms with Crippen molar-refractivity contribution in [2.45, 2.75) is 26.3 Å². The minimum absolute atomic E-state index is 0.122. The summed E-state index contributed by atoms with van der Waals surface area (Å²) in [5.41, 5.74) is 3.82. The van der Waals surface area contributed by atoms with Gasteiger partial charge in [-0.15, -0.1) is 0 Å². The highest BCUT2D eigenvalue weighted by Crippen LogP contribution is 2.20. The van der Waals surface area contributed by atoms with E-state index < -0.39 is 0 Å². The molecular formula is C22H29N3O. The van der Waals surface area contributed by atoms with Crippen LogP contribution in [-0.2, 0) is 11.2 Å². The molecule has 1 unspecified atom stereocenters. The monoisotopic (exact) mass is 351 g/mol. The van der Waals surface area contributed by atoms with Crippen LogP contribution < -0.4 is 10.2 Å². The van der Waals surface area contributed by atoms with Gasteiger partial charge in [0.2, 0.25) is 5.91 Å². The van der Waals surface area contributed by atoms with Crippen molar-refractivity contribution in [3.05, 3.63) is 65.7 Å². The lowest BCUT2D eigenvalue weighted by atomic mass is 10.1. The number of hydrogen-bond donors (Lipinski definition) is 1. The summed E-state index contributed by atoms with van der Waals surface area (Å²) in [6.07, 6.45) is 0.879. The maximum Gasteiger partial charge on any atom is 0.234 e. The number of amides is 1. The Hall–Kier alpha value is -2.33. The van der Waals surface area contributed by atoms with Gasteiger partial charge in [0.25, 0.3) is 0 Å². The van der Waals surface area contributed by atoms with E-state index in [1.54, 1.807) is 0 Å². The zero-order chi connectivity index (χ0) is 18.4. The van der Waals surface area contributed by atoms with Gasteiger partial charge in [-0.3, -0.25) is 9.69 Å². The van der Waals surface area contributed by atoms with Crippen molar-refractivity contribution in [1.29, 1.82) is 0 Å². The van der Waals surface area contributed by atoms with Gasteiger partial charge in [-0.25, -0.2) is 0 Å². The lowest BCUT2D eigenvalue weighted by Crippen LogP contribution is -2.54. The van der Waals surface area contributed by atoms with Crippen LogP contribution in [0.2, 0.25) is 0 Å². The van der Waals surface area contributed by atoms with Gasteiger partial charge in [-0.1, -0.05) is 48.0 Å². The molecule has 2 aromatic carbocycles. The van der Waals surface area contributed by atoms with Crippen LogP contribution >= 0.6 is 0 Å². The van der Waals surface area contributed by atoms with Gasteiger partial charge in [-0.2, -0.15) is 0 Å². The summed E-state index contributed by atoms with van der Waals surface area (Å²) in [5, 5.41) is 3.05. The number of carbonyl (C=O) groups excluding carboxylic acids is 1. The van der Waals surface area contributed by atoms with Crippen LogP contribution in [0.15, 0.2) is 54.6 Å². The van der Waals surface area contributed by atoms with Gasteiger partial charge >= 0.3 is 0 Å². The van der Waals surface area contributed by atoms with Crippen molar-refractivity contribution in [2.24, 2.45) is 0 Å². The molecule has 1 heterocycles. The highest BCUT2D eigenvalue weighted by Gasteiger charge is 2.24. The molecule has 1 fully saturated rings. The van der Waals surface area contributed by atoms with Gasteiger partial charge in [0.1, 0.15) is 0 Å². The molecule has 0 aromatic heterocycles. The summed E-state index contributed by atoms with van der Waals surface area (Å²) in [5.74, 6) is 0.122. The average molecular weight is 351 g/mol. The van der Waals surface area contributed by atoms with Crippen molar-refractivity contribution in [3.8, 4) is 0 Å². The summed E-state index contributed by atoms with van der Waals surface area (Å²) < 4.78 is 0. The number of nitrogens with one attached hydrogen (secondary N) is 1. The Balaban J connectivity index is 1.42. The summed E-state index contributed by atoms with van der Waals surface area (Å²) in [6, 6.07) is 19.4. The first-order chi connectivity index (χ1) is 12.6. The van der Waals surface area contributed by atoms with E-state index in [1.807, 2.05) is 18.2 Å². The van der Waals surface area contributed by atoms with E-state index in [4.69, 9.17) is 0 Å². The van der Waals surface area contributed by atoms with E-state index in [1.165, 1.54) is 16.8 Å². The molecule has 1 aliphatic heterocycles. The van der Waals surface area contributed by atoms with E-state index in [-0.39, 0.29) is 5.91 Å². The number of carbonyl (C=O) groups is 1. The van der Waals surface area contributed by atoms with Crippen LogP contribution in [0.25, 0.3) is 0 Å². The molecule has 3 rings (SSSR count). The molecule has 0 spiro atoms. The van der Waals surface area contributed by atoms with Crippen molar-refractivity contribution >= 4 is 11.6 Å². The normalized spacial score (nSPS) is 17.9. The summed E-state index contributed by atoms with van der Waals surface area (Å²) >= 11 is 0. The first kappa shape index (κ1) is 18.5. The first-order valence-corrected chi connectivity index (χ1v) is 9.48. The van der Waals surface area contributed by atoms with Crippen LogP contribution in [0, 0.1) is 6.92 Å². The summed E-state index contributed by atoms with van der Waals surface area (Å²) in [7, 11) is 0. The molecule has 26 heavy (non-hydrogen) atoms. The Labute approximate surface area is 156 Å². The fraction of sp³-hybridized carbons (Fsp3) is 0.409. The summed E-state index contributed by atoms with van der Waals surface area (Å²) in [4.78, 5) is 16.9. The molecule has 0 saturated carbocycles. The first-order valence-electron chi connectivity index (χ1n) is 9.48. The Bertz CT molecular complexity index is 699. The number of benzene rings is 2. The number of rotatable bonds is 6. The molecule has 0 bridgehead atoms. The standard InChI is InChI=1S/C22H29N3O/c1-18-8-10-21(11-9-18)25-15-14-24(16-19(25)2)17-22(26)23-13-12-20-6-4-3-5-7-20/h3-11,19H,12-17H2,1-2H3,(H,23,26). The smallest absolute Gasteiger partial charge is 0.234 e. The topological polar surface area (TPSA) is 35.6 Å². The largest absolute Gasteiger partial charge is 0.366 e. The minimum Gasteiger partial charge on any atom is -0.366 e. The van der Waals surface area contributed by atoms with Crippen LogP contribution in [-0.4, -0.2) is 49.6 Å². The third-order valence-corrected chi connectivity index (χ3v) is 5.02. The number of aryl methyl sites for hydroxylation is 1. The number of piperazine rings is 1. The maximum atomic E-state index is 12.2. The predicted octanol–water partition coefficient (Wildman–Crippen LogP) is 2.86. The van der Waals surface area contributed by atoms with E-state index in [9.17, 15) is 4.79 Å². The van der Waals surface area contributed by atoms with E-state index in [0.29, 0.717) is 19.1 Å². The Kier molecular flexibility index (Phi) is 6.29. The molecule has 4 heteroatoms. The quantitative estimate of drug-likeness (QED) is 0.869. The van der Waals surface area contributed by atoms with Crippen LogP contribution in [0.4, 0.5) is 5.69 Å². The van der Waals surface area contributed by atoms with Gasteiger partial charge in [-0.05, 0) is 38.0 Å². The lowest BCUT2D eigenvalue weighted by molar-refractivity contribution is -0.122. The molecule has 1 saturated heterocycles. The zero-order valence-corrected chi connectivity index (χ0v) is 15.8. The molecule has 1 N–H and O–H groups in total. The number of hydrogen-bond acceptors (Lipinski definition) is 3. The van der Waals surface area contributed by atoms with Gasteiger partial charge in [0.15, 0.2) is 0 Å².